The molecule has 0 amide bonds. The van der Waals surface area contributed by atoms with Crippen LogP contribution in [-0.2, 0) is 5.54 Å². The summed E-state index contributed by atoms with van der Waals surface area (Å²) in [6.45, 7) is 2.43. The highest BCUT2D eigenvalue weighted by molar-refractivity contribution is 5.31. The fourth-order valence-electron chi connectivity index (χ4n) is 3.59. The van der Waals surface area contributed by atoms with E-state index in [1.54, 1.807) is 0 Å². The number of hydrogen-bond acceptors (Lipinski definition) is 2. The minimum absolute atomic E-state index is 0.0367. The van der Waals surface area contributed by atoms with E-state index >= 15 is 0 Å². The summed E-state index contributed by atoms with van der Waals surface area (Å²) in [5, 5.41) is 0. The van der Waals surface area contributed by atoms with E-state index in [0.717, 1.165) is 18.8 Å². The van der Waals surface area contributed by atoms with E-state index in [2.05, 4.69) is 36.2 Å². The van der Waals surface area contributed by atoms with Gasteiger partial charge in [0.1, 0.15) is 0 Å². The minimum atomic E-state index is -0.0367. The Labute approximate surface area is 110 Å². The summed E-state index contributed by atoms with van der Waals surface area (Å²) in [5.74, 6) is 0.723. The van der Waals surface area contributed by atoms with Crippen LogP contribution in [0, 0.1) is 0 Å². The number of benzene rings is 1. The van der Waals surface area contributed by atoms with Crippen molar-refractivity contribution in [1.82, 2.24) is 4.90 Å². The summed E-state index contributed by atoms with van der Waals surface area (Å²) < 4.78 is 0. The van der Waals surface area contributed by atoms with Gasteiger partial charge in [-0.3, -0.25) is 0 Å². The van der Waals surface area contributed by atoms with Crippen LogP contribution in [-0.4, -0.2) is 25.0 Å². The molecule has 98 valence electrons. The van der Waals surface area contributed by atoms with Gasteiger partial charge in [0, 0.05) is 12.1 Å². The van der Waals surface area contributed by atoms with E-state index in [9.17, 15) is 0 Å². The van der Waals surface area contributed by atoms with Gasteiger partial charge in [0.25, 0.3) is 0 Å². The van der Waals surface area contributed by atoms with Gasteiger partial charge in [0.2, 0.25) is 0 Å². The molecule has 1 aliphatic carbocycles. The maximum absolute atomic E-state index is 6.50. The maximum atomic E-state index is 6.50. The van der Waals surface area contributed by atoms with Gasteiger partial charge in [-0.05, 0) is 49.9 Å². The molecule has 1 saturated heterocycles. The highest BCUT2D eigenvalue weighted by Crippen LogP contribution is 2.37. The Bertz CT molecular complexity index is 404. The Morgan fingerprint density at radius 3 is 2.39 bits per heavy atom. The second-order valence-electron chi connectivity index (χ2n) is 6.23. The van der Waals surface area contributed by atoms with Crippen molar-refractivity contribution in [1.29, 1.82) is 0 Å². The second kappa shape index (κ2) is 4.67. The van der Waals surface area contributed by atoms with E-state index in [1.807, 2.05) is 0 Å². The van der Waals surface area contributed by atoms with Crippen molar-refractivity contribution in [2.75, 3.05) is 20.1 Å². The minimum Gasteiger partial charge on any atom is -0.321 e. The lowest BCUT2D eigenvalue weighted by Gasteiger charge is -2.24. The molecule has 2 heteroatoms. The zero-order valence-electron chi connectivity index (χ0n) is 11.4. The van der Waals surface area contributed by atoms with Gasteiger partial charge < -0.3 is 10.6 Å². The topological polar surface area (TPSA) is 29.3 Å². The zero-order valence-corrected chi connectivity index (χ0v) is 11.4. The largest absolute Gasteiger partial charge is 0.321 e. The van der Waals surface area contributed by atoms with Crippen LogP contribution in [0.25, 0.3) is 0 Å². The van der Waals surface area contributed by atoms with E-state index in [1.165, 1.54) is 43.5 Å². The Morgan fingerprint density at radius 1 is 1.17 bits per heavy atom. The molecule has 0 spiro atoms. The molecule has 1 atom stereocenters. The van der Waals surface area contributed by atoms with Crippen LogP contribution < -0.4 is 5.73 Å². The summed E-state index contributed by atoms with van der Waals surface area (Å²) in [4.78, 5) is 2.42. The molecule has 0 aromatic heterocycles. The fraction of sp³-hybridized carbons (Fsp3) is 0.625. The van der Waals surface area contributed by atoms with Crippen molar-refractivity contribution < 1.29 is 0 Å². The second-order valence-corrected chi connectivity index (χ2v) is 6.23. The highest BCUT2D eigenvalue weighted by Gasteiger charge is 2.31. The molecule has 0 radical (unpaired) electrons. The monoisotopic (exact) mass is 244 g/mol. The summed E-state index contributed by atoms with van der Waals surface area (Å²) in [5.41, 5.74) is 9.29. The lowest BCUT2D eigenvalue weighted by Crippen LogP contribution is -2.32. The molecule has 1 aromatic rings. The van der Waals surface area contributed by atoms with Gasteiger partial charge in [-0.2, -0.15) is 0 Å². The molecule has 1 aliphatic heterocycles. The predicted octanol–water partition coefficient (Wildman–Crippen LogP) is 2.83. The zero-order chi connectivity index (χ0) is 12.6. The number of rotatable bonds is 2. The van der Waals surface area contributed by atoms with Crippen LogP contribution in [0.15, 0.2) is 24.3 Å². The molecule has 2 N–H and O–H groups in total. The van der Waals surface area contributed by atoms with Gasteiger partial charge in [-0.1, -0.05) is 37.1 Å². The molecule has 18 heavy (non-hydrogen) atoms. The first-order valence-corrected chi connectivity index (χ1v) is 7.25. The van der Waals surface area contributed by atoms with Crippen molar-refractivity contribution in [2.45, 2.75) is 43.6 Å². The van der Waals surface area contributed by atoms with E-state index in [4.69, 9.17) is 5.73 Å². The lowest BCUT2D eigenvalue weighted by molar-refractivity contribution is 0.411. The molecular formula is C16H24N2. The normalized spacial score (nSPS) is 27.8. The van der Waals surface area contributed by atoms with Crippen LogP contribution in [0.2, 0.25) is 0 Å². The van der Waals surface area contributed by atoms with Crippen LogP contribution >= 0.6 is 0 Å². The number of likely N-dealkylation sites (tertiary alicyclic amines) is 1. The van der Waals surface area contributed by atoms with E-state index in [-0.39, 0.29) is 5.54 Å². The van der Waals surface area contributed by atoms with Gasteiger partial charge >= 0.3 is 0 Å². The maximum Gasteiger partial charge on any atom is 0.0409 e. The molecular weight excluding hydrogens is 220 g/mol. The Balaban J connectivity index is 1.77. The van der Waals surface area contributed by atoms with Crippen molar-refractivity contribution in [2.24, 2.45) is 5.73 Å². The first-order valence-electron chi connectivity index (χ1n) is 7.25. The summed E-state index contributed by atoms with van der Waals surface area (Å²) >= 11 is 0. The third kappa shape index (κ3) is 2.19. The third-order valence-corrected chi connectivity index (χ3v) is 4.84. The lowest BCUT2D eigenvalue weighted by atomic mass is 9.87. The van der Waals surface area contributed by atoms with Crippen molar-refractivity contribution in [3.05, 3.63) is 35.4 Å². The molecule has 1 unspecified atom stereocenters. The summed E-state index contributed by atoms with van der Waals surface area (Å²) in [7, 11) is 2.21. The Morgan fingerprint density at radius 2 is 1.83 bits per heavy atom. The van der Waals surface area contributed by atoms with Crippen LogP contribution in [0.1, 0.15) is 49.1 Å². The van der Waals surface area contributed by atoms with Gasteiger partial charge in [0.15, 0.2) is 0 Å². The van der Waals surface area contributed by atoms with Crippen molar-refractivity contribution in [3.8, 4) is 0 Å². The molecule has 1 heterocycles. The van der Waals surface area contributed by atoms with Crippen LogP contribution in [0.5, 0.6) is 0 Å². The number of nitrogens with zero attached hydrogens (tertiary/aromatic N) is 1. The van der Waals surface area contributed by atoms with Crippen LogP contribution in [0.3, 0.4) is 0 Å². The van der Waals surface area contributed by atoms with Crippen molar-refractivity contribution in [3.63, 3.8) is 0 Å². The molecule has 2 aliphatic rings. The summed E-state index contributed by atoms with van der Waals surface area (Å²) in [6, 6.07) is 9.18. The first kappa shape index (κ1) is 12.2. The highest BCUT2D eigenvalue weighted by atomic mass is 15.1. The van der Waals surface area contributed by atoms with Crippen molar-refractivity contribution >= 4 is 0 Å². The van der Waals surface area contributed by atoms with E-state index < -0.39 is 0 Å². The molecule has 2 nitrogen and oxygen atoms in total. The van der Waals surface area contributed by atoms with Gasteiger partial charge in [-0.25, -0.2) is 0 Å². The van der Waals surface area contributed by atoms with Gasteiger partial charge in [-0.15, -0.1) is 0 Å². The smallest absolute Gasteiger partial charge is 0.0409 e. The molecule has 1 saturated carbocycles. The summed E-state index contributed by atoms with van der Waals surface area (Å²) in [6.07, 6.45) is 6.16. The standard InChI is InChI=1S/C16H24N2/c1-18-11-8-14(12-18)13-4-6-15(7-5-13)16(17)9-2-3-10-16/h4-7,14H,2-3,8-12,17H2,1H3. The predicted molar refractivity (Wildman–Crippen MR) is 75.6 cm³/mol. The Kier molecular flexibility index (Phi) is 3.16. The Hall–Kier alpha value is -0.860. The average Bonchev–Trinajstić information content (AvgIpc) is 3.00. The average molecular weight is 244 g/mol. The molecule has 2 fully saturated rings. The van der Waals surface area contributed by atoms with Crippen LogP contribution in [0.4, 0.5) is 0 Å². The van der Waals surface area contributed by atoms with E-state index in [0.29, 0.717) is 0 Å². The number of likely N-dealkylation sites (N-methyl/N-ethyl adjacent to an activating group) is 1. The first-order chi connectivity index (χ1) is 8.67. The molecule has 0 bridgehead atoms. The molecule has 3 rings (SSSR count). The molecule has 1 aromatic carbocycles. The third-order valence-electron chi connectivity index (χ3n) is 4.84. The number of nitrogens with two attached hydrogens (primary N) is 1. The van der Waals surface area contributed by atoms with Gasteiger partial charge in [0.05, 0.1) is 0 Å². The number of hydrogen-bond donors (Lipinski definition) is 1. The SMILES string of the molecule is CN1CCC(c2ccc(C3(N)CCCC3)cc2)C1. The fourth-order valence-corrected chi connectivity index (χ4v) is 3.59. The quantitative estimate of drug-likeness (QED) is 0.867.